The lowest BCUT2D eigenvalue weighted by Crippen LogP contribution is -2.18. The van der Waals surface area contributed by atoms with Gasteiger partial charge in [0.05, 0.1) is 4.91 Å². The van der Waals surface area contributed by atoms with E-state index in [0.29, 0.717) is 10.5 Å². The Labute approximate surface area is 96.2 Å². The Morgan fingerprint density at radius 3 is 2.31 bits per heavy atom. The zero-order chi connectivity index (χ0) is 11.5. The van der Waals surface area contributed by atoms with Crippen molar-refractivity contribution in [3.8, 4) is 0 Å². The fourth-order valence-corrected chi connectivity index (χ4v) is 1.97. The molecule has 1 saturated heterocycles. The minimum Gasteiger partial charge on any atom is -0.301 e. The lowest BCUT2D eigenvalue weighted by atomic mass is 10.1. The van der Waals surface area contributed by atoms with E-state index < -0.39 is 0 Å². The maximum absolute atomic E-state index is 11.3. The number of hydrogen-bond donors (Lipinski definition) is 2. The summed E-state index contributed by atoms with van der Waals surface area (Å²) in [6.45, 7) is 0. The van der Waals surface area contributed by atoms with Gasteiger partial charge in [0.25, 0.3) is 5.91 Å². The van der Waals surface area contributed by atoms with Crippen molar-refractivity contribution in [1.82, 2.24) is 5.32 Å². The van der Waals surface area contributed by atoms with Gasteiger partial charge in [0.1, 0.15) is 6.29 Å². The highest BCUT2D eigenvalue weighted by Crippen LogP contribution is 2.24. The molecular weight excluding hydrogens is 224 g/mol. The number of rotatable bonds is 2. The van der Waals surface area contributed by atoms with Crippen LogP contribution in [0.15, 0.2) is 29.2 Å². The van der Waals surface area contributed by atoms with Crippen molar-refractivity contribution in [2.45, 2.75) is 0 Å². The number of carbonyl (C=O) groups excluding carboxylic acids is 2. The van der Waals surface area contributed by atoms with Crippen molar-refractivity contribution in [2.24, 2.45) is 0 Å². The highest BCUT2D eigenvalue weighted by atomic mass is 32.2. The van der Waals surface area contributed by atoms with Gasteiger partial charge in [-0.15, -0.1) is 0 Å². The molecule has 2 N–H and O–H groups in total. The number of amides is 1. The quantitative estimate of drug-likeness (QED) is 0.601. The van der Waals surface area contributed by atoms with Gasteiger partial charge in [-0.25, -0.2) is 0 Å². The minimum atomic E-state index is -0.255. The van der Waals surface area contributed by atoms with E-state index in [1.165, 1.54) is 0 Å². The standard InChI is InChI=1S/C11H8N2O2S/c12-11-13-10(15)9(16-11)5-7-1-3-8(6-14)4-2-7/h1-6H,(H2,12,13,15)/b9-5+. The molecule has 0 aromatic heterocycles. The van der Waals surface area contributed by atoms with Crippen LogP contribution in [0.2, 0.25) is 0 Å². The first-order valence-corrected chi connectivity index (χ1v) is 5.35. The first-order chi connectivity index (χ1) is 7.69. The molecule has 0 atom stereocenters. The summed E-state index contributed by atoms with van der Waals surface area (Å²) in [5, 5.41) is 9.82. The van der Waals surface area contributed by atoms with Crippen molar-refractivity contribution in [1.29, 1.82) is 5.41 Å². The SMILES string of the molecule is N=C1NC(=O)/C(=C\c2ccc(C=O)cc2)S1. The van der Waals surface area contributed by atoms with E-state index in [9.17, 15) is 9.59 Å². The van der Waals surface area contributed by atoms with Gasteiger partial charge >= 0.3 is 0 Å². The number of nitrogens with one attached hydrogen (secondary N) is 2. The third kappa shape index (κ3) is 2.20. The van der Waals surface area contributed by atoms with Crippen molar-refractivity contribution in [3.05, 3.63) is 40.3 Å². The van der Waals surface area contributed by atoms with Crippen LogP contribution in [-0.4, -0.2) is 17.4 Å². The predicted octanol–water partition coefficient (Wildman–Crippen LogP) is 1.64. The van der Waals surface area contributed by atoms with Crippen LogP contribution in [0.5, 0.6) is 0 Å². The molecule has 80 valence electrons. The average molecular weight is 232 g/mol. The number of amidine groups is 1. The van der Waals surface area contributed by atoms with E-state index in [-0.39, 0.29) is 11.1 Å². The average Bonchev–Trinajstić information content (AvgIpc) is 2.59. The summed E-state index contributed by atoms with van der Waals surface area (Å²) >= 11 is 1.09. The van der Waals surface area contributed by atoms with Crippen LogP contribution in [0.3, 0.4) is 0 Å². The van der Waals surface area contributed by atoms with Gasteiger partial charge in [-0.2, -0.15) is 0 Å². The summed E-state index contributed by atoms with van der Waals surface area (Å²) in [5.41, 5.74) is 1.43. The fraction of sp³-hybridized carbons (Fsp3) is 0. The first-order valence-electron chi connectivity index (χ1n) is 4.54. The Kier molecular flexibility index (Phi) is 2.87. The molecule has 2 rings (SSSR count). The second-order valence-electron chi connectivity index (χ2n) is 3.18. The van der Waals surface area contributed by atoms with Crippen LogP contribution in [0.4, 0.5) is 0 Å². The Morgan fingerprint density at radius 2 is 1.81 bits per heavy atom. The second-order valence-corrected chi connectivity index (χ2v) is 4.23. The molecule has 0 saturated carbocycles. The number of hydrogen-bond acceptors (Lipinski definition) is 4. The van der Waals surface area contributed by atoms with Crippen molar-refractivity contribution in [2.75, 3.05) is 0 Å². The third-order valence-electron chi connectivity index (χ3n) is 2.03. The summed E-state index contributed by atoms with van der Waals surface area (Å²) < 4.78 is 0. The van der Waals surface area contributed by atoms with Gasteiger partial charge in [-0.3, -0.25) is 15.0 Å². The van der Waals surface area contributed by atoms with Crippen molar-refractivity contribution in [3.63, 3.8) is 0 Å². The van der Waals surface area contributed by atoms with Crippen LogP contribution < -0.4 is 5.32 Å². The molecule has 0 bridgehead atoms. The topological polar surface area (TPSA) is 70.0 Å². The molecule has 4 nitrogen and oxygen atoms in total. The molecule has 0 radical (unpaired) electrons. The summed E-state index contributed by atoms with van der Waals surface area (Å²) in [4.78, 5) is 22.3. The number of benzene rings is 1. The normalized spacial score (nSPS) is 17.6. The van der Waals surface area contributed by atoms with E-state index in [0.717, 1.165) is 23.6 Å². The number of thioether (sulfide) groups is 1. The van der Waals surface area contributed by atoms with Gasteiger partial charge < -0.3 is 5.32 Å². The molecule has 1 amide bonds. The zero-order valence-corrected chi connectivity index (χ0v) is 9.01. The molecular formula is C11H8N2O2S. The lowest BCUT2D eigenvalue weighted by molar-refractivity contribution is -0.115. The molecule has 16 heavy (non-hydrogen) atoms. The molecule has 1 aromatic carbocycles. The Balaban J connectivity index is 2.25. The zero-order valence-electron chi connectivity index (χ0n) is 8.19. The molecule has 1 aromatic rings. The number of aldehydes is 1. The first kappa shape index (κ1) is 10.6. The van der Waals surface area contributed by atoms with Gasteiger partial charge in [-0.1, -0.05) is 24.3 Å². The molecule has 0 unspecified atom stereocenters. The lowest BCUT2D eigenvalue weighted by Gasteiger charge is -1.95. The molecule has 0 spiro atoms. The van der Waals surface area contributed by atoms with Crippen LogP contribution >= 0.6 is 11.8 Å². The summed E-state index contributed by atoms with van der Waals surface area (Å²) in [5.74, 6) is -0.255. The Morgan fingerprint density at radius 1 is 1.19 bits per heavy atom. The van der Waals surface area contributed by atoms with Crippen LogP contribution in [-0.2, 0) is 4.79 Å². The molecule has 1 fully saturated rings. The van der Waals surface area contributed by atoms with Gasteiger partial charge in [0.2, 0.25) is 0 Å². The third-order valence-corrected chi connectivity index (χ3v) is 2.86. The fourth-order valence-electron chi connectivity index (χ4n) is 1.26. The highest BCUT2D eigenvalue weighted by Gasteiger charge is 2.21. The molecule has 1 heterocycles. The van der Waals surface area contributed by atoms with Crippen LogP contribution in [0.1, 0.15) is 15.9 Å². The Hall–Kier alpha value is -1.88. The van der Waals surface area contributed by atoms with E-state index in [2.05, 4.69) is 5.32 Å². The van der Waals surface area contributed by atoms with E-state index in [1.54, 1.807) is 30.3 Å². The predicted molar refractivity (Wildman–Crippen MR) is 63.3 cm³/mol. The van der Waals surface area contributed by atoms with Crippen molar-refractivity contribution >= 4 is 35.2 Å². The van der Waals surface area contributed by atoms with E-state index >= 15 is 0 Å². The van der Waals surface area contributed by atoms with Gasteiger partial charge in [0, 0.05) is 5.56 Å². The van der Waals surface area contributed by atoms with E-state index in [1.807, 2.05) is 0 Å². The maximum atomic E-state index is 11.3. The number of carbonyl (C=O) groups is 2. The molecule has 5 heteroatoms. The van der Waals surface area contributed by atoms with E-state index in [4.69, 9.17) is 5.41 Å². The van der Waals surface area contributed by atoms with Crippen LogP contribution in [0, 0.1) is 5.41 Å². The summed E-state index contributed by atoms with van der Waals surface area (Å²) in [6, 6.07) is 6.88. The Bertz CT molecular complexity index is 491. The largest absolute Gasteiger partial charge is 0.301 e. The van der Waals surface area contributed by atoms with Crippen molar-refractivity contribution < 1.29 is 9.59 Å². The van der Waals surface area contributed by atoms with Gasteiger partial charge in [0.15, 0.2) is 5.17 Å². The molecule has 1 aliphatic rings. The second kappa shape index (κ2) is 4.32. The molecule has 0 aliphatic carbocycles. The molecule has 1 aliphatic heterocycles. The minimum absolute atomic E-state index is 0.140. The summed E-state index contributed by atoms with van der Waals surface area (Å²) in [7, 11) is 0. The monoisotopic (exact) mass is 232 g/mol. The van der Waals surface area contributed by atoms with Crippen LogP contribution in [0.25, 0.3) is 6.08 Å². The summed E-state index contributed by atoms with van der Waals surface area (Å²) in [6.07, 6.45) is 2.46. The highest BCUT2D eigenvalue weighted by molar-refractivity contribution is 8.18. The smallest absolute Gasteiger partial charge is 0.264 e. The maximum Gasteiger partial charge on any atom is 0.264 e. The van der Waals surface area contributed by atoms with Gasteiger partial charge in [-0.05, 0) is 23.4 Å².